The van der Waals surface area contributed by atoms with Gasteiger partial charge in [0.2, 0.25) is 41.4 Å². The van der Waals surface area contributed by atoms with E-state index in [2.05, 4.69) is 172 Å². The van der Waals surface area contributed by atoms with E-state index in [1.54, 1.807) is 6.92 Å². The molecule has 133 heavy (non-hydrogen) atoms. The predicted octanol–water partition coefficient (Wildman–Crippen LogP) is 11.8. The number of ether oxygens (including phenoxy) is 4. The maximum Gasteiger partial charge on any atom is 0.483 e. The highest BCUT2D eigenvalue weighted by atomic mass is 31.3. The molecule has 0 aromatic heterocycles. The monoisotopic (exact) mass is 1920 g/mol. The molecule has 2 saturated heterocycles. The Balaban J connectivity index is 2.11. The van der Waals surface area contributed by atoms with Crippen LogP contribution in [0.25, 0.3) is 0 Å². The van der Waals surface area contributed by atoms with Crippen molar-refractivity contribution in [3.05, 3.63) is 128 Å². The van der Waals surface area contributed by atoms with Crippen molar-refractivity contribution in [2.45, 2.75) is 389 Å². The minimum atomic E-state index is -5.97. The summed E-state index contributed by atoms with van der Waals surface area (Å²) in [7, 11) is -11.5. The van der Waals surface area contributed by atoms with Gasteiger partial charge in [-0.25, -0.2) is 13.9 Å². The van der Waals surface area contributed by atoms with Gasteiger partial charge in [-0.2, -0.15) is 4.31 Å². The van der Waals surface area contributed by atoms with Crippen LogP contribution in [-0.4, -0.2) is 228 Å². The number of nitrogens with one attached hydrogen (secondary N) is 7. The number of hydrogen-bond acceptors (Lipinski definition) is 24. The fourth-order valence-corrected chi connectivity index (χ4v) is 16.3. The Morgan fingerprint density at radius 1 is 0.398 bits per heavy atom. The standard InChI is InChI=1S/C95H156N8O28P2/c1-58(2)30-19-31-59(3)32-20-33-60(4)34-21-35-61(5)36-22-37-62(6)38-23-39-63(7)40-24-41-64(8)42-25-43-65(9)44-26-45-66(10)46-27-47-67(11)48-28-49-68(12)54-55-125-132(121,122)131-133(123,124)130-95-82(101-74(18)107)86(85(79(57-105)128-95)129-94-81(100-73(17)106)84(110)83(109)78(56-104)127-94)126-72(16)89(113)97-70(14)88(112)103-77(93(119)120)52-53-80(108)102-76(51-29-50-75(96)92(117)118)90(114)98-69(13)87(111)99-71(15)91(115)116/h30,32,34,36,38,40,42,44,46,48,54,69-72,75-79,81-86,94-95,104-105,109-110H,19-29,31,33,35,37,39,41,43,45,47,49-53,55-57,96H2,1-18H3,(H,97,113)(H,98,114)(H,99,111)(H,100,106)(H,101,107)(H,102,108)(H,103,112)(H,115,116)(H,117,118)(H,119,120)(H,121,122)(H,123,124)/b59-32+,60-34+,61-36-,62-38-,63-40-,64-42-,65-44-,66-46-,67-48-,68-54-/t69-,70+,71-,72-,75-,76+,77-,78-,79-,81-,82-,83-,84-,85-,86-,94+,95-/m1/s1. The zero-order valence-corrected chi connectivity index (χ0v) is 83.0. The van der Waals surface area contributed by atoms with Crippen LogP contribution in [-0.2, 0) is 89.4 Å². The van der Waals surface area contributed by atoms with Crippen LogP contribution in [0.3, 0.4) is 0 Å². The van der Waals surface area contributed by atoms with Crippen molar-refractivity contribution in [1.29, 1.82) is 0 Å². The second-order valence-electron chi connectivity index (χ2n) is 35.3. The van der Waals surface area contributed by atoms with Gasteiger partial charge in [0.15, 0.2) is 12.6 Å². The molecule has 0 spiro atoms. The van der Waals surface area contributed by atoms with Crippen LogP contribution in [0.4, 0.5) is 0 Å². The van der Waals surface area contributed by atoms with Crippen LogP contribution < -0.4 is 43.0 Å². The Hall–Kier alpha value is -8.26. The van der Waals surface area contributed by atoms with Crippen molar-refractivity contribution in [2.75, 3.05) is 19.8 Å². The molecule has 2 aliphatic heterocycles. The highest BCUT2D eigenvalue weighted by Crippen LogP contribution is 2.61. The minimum absolute atomic E-state index is 0.0692. The van der Waals surface area contributed by atoms with Crippen molar-refractivity contribution in [3.63, 3.8) is 0 Å². The Kier molecular flexibility index (Phi) is 58.1. The second-order valence-corrected chi connectivity index (χ2v) is 38.3. The summed E-state index contributed by atoms with van der Waals surface area (Å²) in [4.78, 5) is 150. The lowest BCUT2D eigenvalue weighted by molar-refractivity contribution is -0.331. The third-order valence-electron chi connectivity index (χ3n) is 22.4. The molecular formula is C95H156N8O28P2. The van der Waals surface area contributed by atoms with E-state index < -0.39 is 211 Å². The van der Waals surface area contributed by atoms with Gasteiger partial charge >= 0.3 is 33.6 Å². The molecule has 2 heterocycles. The number of aliphatic hydroxyl groups is 4. The number of carbonyl (C=O) groups excluding carboxylic acids is 7. The first-order valence-electron chi connectivity index (χ1n) is 46.0. The van der Waals surface area contributed by atoms with Crippen LogP contribution in [0.2, 0.25) is 0 Å². The first kappa shape index (κ1) is 121. The van der Waals surface area contributed by atoms with Crippen LogP contribution in [0.1, 0.15) is 285 Å². The molecule has 2 fully saturated rings. The molecule has 2 rings (SSSR count). The maximum atomic E-state index is 14.1. The summed E-state index contributed by atoms with van der Waals surface area (Å²) >= 11 is 0. The van der Waals surface area contributed by atoms with Gasteiger partial charge in [-0.05, 0) is 265 Å². The molecule has 36 nitrogen and oxygen atoms in total. The molecule has 0 aromatic carbocycles. The van der Waals surface area contributed by atoms with Crippen LogP contribution in [0, 0.1) is 0 Å². The fraction of sp³-hybridized carbons (Fsp3) is 0.663. The SMILES string of the molecule is CC(=O)N[C@H]1[C@H](O[C@H]2[C@H](O[C@H](C)C(=O)N[C@@H](C)C(=O)N[C@H](CCC(=O)N[C@@H](CCC[C@@H](N)C(=O)O)C(=O)N[C@H](C)C(=O)N[C@H](C)C(=O)O)C(=O)O)[C@@H](NC(C)=O)[C@@H](OP(=O)(O)OP(=O)(O)OC/C=C(/C)CC/C=C(/C)CC/C=C(/C)CC/C=C(/C)CC/C=C(/C)CC/C=C(/C)CC/C=C(/C)CC/C=C(/C)CC/C=C(\C)CC/C=C(\C)CCC=C(C)C)O[C@@H]2CO)O[C@H](CO)[C@@H](O)[C@@H]1O. The summed E-state index contributed by atoms with van der Waals surface area (Å²) in [6.07, 6.45) is 25.3. The molecule has 0 aromatic rings. The highest BCUT2D eigenvalue weighted by molar-refractivity contribution is 7.61. The van der Waals surface area contributed by atoms with Gasteiger partial charge in [0, 0.05) is 20.3 Å². The lowest BCUT2D eigenvalue weighted by Crippen LogP contribution is -2.70. The topological polar surface area (TPSA) is 562 Å². The van der Waals surface area contributed by atoms with E-state index >= 15 is 0 Å². The fourth-order valence-electron chi connectivity index (χ4n) is 14.2. The smallest absolute Gasteiger partial charge is 0.480 e. The predicted molar refractivity (Wildman–Crippen MR) is 506 cm³/mol. The summed E-state index contributed by atoms with van der Waals surface area (Å²) < 4.78 is 66.3. The molecule has 0 bridgehead atoms. The molecule has 0 radical (unpaired) electrons. The number of carboxylic acid groups (broad SMARTS) is 3. The number of aliphatic hydroxyl groups excluding tert-OH is 4. The average Bonchev–Trinajstić information content (AvgIpc) is 0.765. The number of rotatable bonds is 64. The largest absolute Gasteiger partial charge is 0.483 e. The highest BCUT2D eigenvalue weighted by Gasteiger charge is 2.55. The number of phosphoric acid groups is 2. The van der Waals surface area contributed by atoms with Crippen molar-refractivity contribution in [1.82, 2.24) is 37.2 Å². The molecule has 2 aliphatic rings. The van der Waals surface area contributed by atoms with Crippen molar-refractivity contribution >= 4 is 74.9 Å². The van der Waals surface area contributed by atoms with Gasteiger partial charge in [0.05, 0.1) is 19.8 Å². The number of carboxylic acids is 3. The molecule has 2 unspecified atom stereocenters. The molecule has 19 atom stereocenters. The summed E-state index contributed by atoms with van der Waals surface area (Å²) in [5, 5.41) is 87.7. The van der Waals surface area contributed by atoms with E-state index in [1.165, 1.54) is 63.2 Å². The summed E-state index contributed by atoms with van der Waals surface area (Å²) in [6, 6.07) is -12.9. The van der Waals surface area contributed by atoms with Gasteiger partial charge in [-0.1, -0.05) is 128 Å². The summed E-state index contributed by atoms with van der Waals surface area (Å²) in [5.74, 6) is -11.5. The van der Waals surface area contributed by atoms with Gasteiger partial charge in [0.25, 0.3) is 0 Å². The van der Waals surface area contributed by atoms with E-state index in [1.807, 2.05) is 6.92 Å². The molecular weight excluding hydrogens is 1760 g/mol. The van der Waals surface area contributed by atoms with Crippen LogP contribution in [0.5, 0.6) is 0 Å². The summed E-state index contributed by atoms with van der Waals surface area (Å²) in [6.45, 7) is 29.6. The van der Waals surface area contributed by atoms with E-state index in [9.17, 15) is 103 Å². The Bertz CT molecular complexity index is 4220. The van der Waals surface area contributed by atoms with E-state index in [0.717, 1.165) is 156 Å². The van der Waals surface area contributed by atoms with E-state index in [-0.39, 0.29) is 19.3 Å². The zero-order valence-electron chi connectivity index (χ0n) is 81.2. The number of nitrogens with two attached hydrogens (primary N) is 1. The average molecular weight is 1920 g/mol. The number of amides is 7. The van der Waals surface area contributed by atoms with Crippen LogP contribution in [0.15, 0.2) is 128 Å². The number of hydrogen-bond donors (Lipinski definition) is 17. The third kappa shape index (κ3) is 51.5. The number of allylic oxidation sites excluding steroid dienone is 21. The molecule has 0 saturated carbocycles. The van der Waals surface area contributed by atoms with Gasteiger partial charge < -0.3 is 107 Å². The molecule has 0 aliphatic carbocycles. The Labute approximate surface area is 785 Å². The van der Waals surface area contributed by atoms with Gasteiger partial charge in [-0.3, -0.25) is 52.2 Å². The Morgan fingerprint density at radius 3 is 1.16 bits per heavy atom. The number of aliphatic carboxylic acids is 3. The second kappa shape index (κ2) is 63.9. The van der Waals surface area contributed by atoms with Gasteiger partial charge in [-0.15, -0.1) is 0 Å². The molecule has 7 amide bonds. The number of carbonyl (C=O) groups is 10. The minimum Gasteiger partial charge on any atom is -0.480 e. The van der Waals surface area contributed by atoms with E-state index in [0.29, 0.717) is 18.4 Å². The van der Waals surface area contributed by atoms with Crippen LogP contribution >= 0.6 is 15.6 Å². The molecule has 18 N–H and O–H groups in total. The Morgan fingerprint density at radius 2 is 0.774 bits per heavy atom. The summed E-state index contributed by atoms with van der Waals surface area (Å²) in [5.41, 5.74) is 20.3. The number of phosphoric ester groups is 2. The first-order valence-corrected chi connectivity index (χ1v) is 49.0. The lowest BCUT2D eigenvalue weighted by atomic mass is 9.94. The van der Waals surface area contributed by atoms with Gasteiger partial charge in [0.1, 0.15) is 91.1 Å². The molecule has 754 valence electrons. The molecule has 38 heteroatoms. The van der Waals surface area contributed by atoms with Crippen molar-refractivity contribution in [2.24, 2.45) is 5.73 Å². The lowest BCUT2D eigenvalue weighted by Gasteiger charge is -2.49. The first-order chi connectivity index (χ1) is 62.4. The van der Waals surface area contributed by atoms with Crippen molar-refractivity contribution in [3.8, 4) is 0 Å². The third-order valence-corrected chi connectivity index (χ3v) is 25.0. The zero-order chi connectivity index (χ0) is 100. The quantitative estimate of drug-likeness (QED) is 0.0199. The van der Waals surface area contributed by atoms with Crippen molar-refractivity contribution < 1.29 is 135 Å². The van der Waals surface area contributed by atoms with E-state index in [4.69, 9.17) is 33.7 Å². The normalized spacial score (nSPS) is 22.4. The maximum absolute atomic E-state index is 14.1.